The van der Waals surface area contributed by atoms with Gasteiger partial charge in [0.05, 0.1) is 6.61 Å². The van der Waals surface area contributed by atoms with E-state index in [0.717, 1.165) is 16.7 Å². The summed E-state index contributed by atoms with van der Waals surface area (Å²) in [7, 11) is 0. The van der Waals surface area contributed by atoms with Crippen LogP contribution in [0.2, 0.25) is 0 Å². The van der Waals surface area contributed by atoms with E-state index < -0.39 is 6.10 Å². The summed E-state index contributed by atoms with van der Waals surface area (Å²) in [6.07, 6.45) is -0.510. The summed E-state index contributed by atoms with van der Waals surface area (Å²) < 4.78 is 32.7. The molecule has 0 N–H and O–H groups in total. The van der Waals surface area contributed by atoms with E-state index in [1.54, 1.807) is 35.2 Å². The first-order chi connectivity index (χ1) is 14.0. The fourth-order valence-corrected chi connectivity index (χ4v) is 3.49. The molecule has 1 heterocycles. The van der Waals surface area contributed by atoms with E-state index in [1.165, 1.54) is 24.3 Å². The summed E-state index contributed by atoms with van der Waals surface area (Å²) in [5.74, 6) is -0.791. The van der Waals surface area contributed by atoms with E-state index >= 15 is 0 Å². The van der Waals surface area contributed by atoms with Crippen LogP contribution in [0, 0.1) is 11.6 Å². The van der Waals surface area contributed by atoms with E-state index in [0.29, 0.717) is 17.8 Å². The summed E-state index contributed by atoms with van der Waals surface area (Å²) in [4.78, 5) is 14.2. The Balaban J connectivity index is 1.50. The van der Waals surface area contributed by atoms with Crippen LogP contribution in [-0.4, -0.2) is 24.0 Å². The monoisotopic (exact) mass is 391 g/mol. The number of rotatable bonds is 6. The van der Waals surface area contributed by atoms with Crippen molar-refractivity contribution in [2.24, 2.45) is 0 Å². The zero-order valence-corrected chi connectivity index (χ0v) is 15.6. The first kappa shape index (κ1) is 19.0. The highest BCUT2D eigenvalue weighted by atomic mass is 19.1. The van der Waals surface area contributed by atoms with Crippen molar-refractivity contribution < 1.29 is 18.3 Å². The Bertz CT molecular complexity index is 965. The van der Waals surface area contributed by atoms with E-state index in [9.17, 15) is 13.6 Å². The largest absolute Gasteiger partial charge is 0.367 e. The molecule has 0 spiro atoms. The number of ether oxygens (including phenoxy) is 1. The van der Waals surface area contributed by atoms with Crippen molar-refractivity contribution in [3.63, 3.8) is 0 Å². The second-order valence-electron chi connectivity index (χ2n) is 6.80. The van der Waals surface area contributed by atoms with Gasteiger partial charge in [0, 0.05) is 23.4 Å². The summed E-state index contributed by atoms with van der Waals surface area (Å²) in [6.45, 7) is 4.59. The number of benzene rings is 3. The third-order valence-corrected chi connectivity index (χ3v) is 4.98. The average molecular weight is 391 g/mol. The second-order valence-corrected chi connectivity index (χ2v) is 6.80. The summed E-state index contributed by atoms with van der Waals surface area (Å²) >= 11 is 0. The fraction of sp³-hybridized carbons (Fsp3) is 0.125. The average Bonchev–Trinajstić information content (AvgIpc) is 2.98. The van der Waals surface area contributed by atoms with Crippen LogP contribution in [-0.2, 0) is 4.74 Å². The van der Waals surface area contributed by atoms with Gasteiger partial charge in [-0.05, 0) is 41.5 Å². The van der Waals surface area contributed by atoms with Gasteiger partial charge in [-0.15, -0.1) is 0 Å². The predicted molar refractivity (Wildman–Crippen MR) is 107 cm³/mol. The Labute approximate surface area is 167 Å². The van der Waals surface area contributed by atoms with Crippen LogP contribution in [0.1, 0.15) is 33.2 Å². The van der Waals surface area contributed by atoms with Gasteiger partial charge in [-0.1, -0.05) is 49.0 Å². The molecule has 29 heavy (non-hydrogen) atoms. The Morgan fingerprint density at radius 1 is 0.828 bits per heavy atom. The van der Waals surface area contributed by atoms with E-state index in [1.807, 2.05) is 18.2 Å². The van der Waals surface area contributed by atoms with E-state index in [4.69, 9.17) is 4.74 Å². The number of halogens is 2. The van der Waals surface area contributed by atoms with Crippen LogP contribution < -0.4 is 0 Å². The third-order valence-electron chi connectivity index (χ3n) is 4.98. The zero-order valence-electron chi connectivity index (χ0n) is 15.6. The molecule has 146 valence electrons. The number of hydrogen-bond acceptors (Lipinski definition) is 2. The molecule has 1 amide bonds. The maximum absolute atomic E-state index is 13.3. The maximum atomic E-state index is 13.3. The summed E-state index contributed by atoms with van der Waals surface area (Å²) in [5, 5.41) is 0. The van der Waals surface area contributed by atoms with Crippen LogP contribution in [0.3, 0.4) is 0 Å². The van der Waals surface area contributed by atoms with Crippen molar-refractivity contribution in [1.29, 1.82) is 0 Å². The van der Waals surface area contributed by atoms with Gasteiger partial charge in [0.25, 0.3) is 5.91 Å². The predicted octanol–water partition coefficient (Wildman–Crippen LogP) is 5.20. The lowest BCUT2D eigenvalue weighted by Crippen LogP contribution is -2.27. The summed E-state index contributed by atoms with van der Waals surface area (Å²) in [6, 6.07) is 19.3. The number of carbonyl (C=O) groups excluding carboxylic acids is 1. The van der Waals surface area contributed by atoms with Crippen molar-refractivity contribution >= 4 is 11.6 Å². The number of nitrogens with zero attached hydrogens (tertiary/aromatic N) is 1. The lowest BCUT2D eigenvalue weighted by atomic mass is 10.0. The maximum Gasteiger partial charge on any atom is 0.259 e. The Hall–Kier alpha value is -3.31. The van der Waals surface area contributed by atoms with Crippen LogP contribution in [0.4, 0.5) is 8.78 Å². The Kier molecular flexibility index (Phi) is 5.23. The number of carbonyl (C=O) groups is 1. The lowest BCUT2D eigenvalue weighted by molar-refractivity contribution is 0.0603. The number of hydrogen-bond donors (Lipinski definition) is 0. The molecule has 0 aliphatic carbocycles. The highest BCUT2D eigenvalue weighted by Gasteiger charge is 2.30. The first-order valence-electron chi connectivity index (χ1n) is 9.27. The van der Waals surface area contributed by atoms with Crippen LogP contribution in [0.5, 0.6) is 0 Å². The fourth-order valence-electron chi connectivity index (χ4n) is 3.49. The van der Waals surface area contributed by atoms with Gasteiger partial charge in [-0.2, -0.15) is 0 Å². The summed E-state index contributed by atoms with van der Waals surface area (Å²) in [5.41, 5.74) is 3.59. The first-order valence-corrected chi connectivity index (χ1v) is 9.27. The molecule has 4 rings (SSSR count). The van der Waals surface area contributed by atoms with Crippen molar-refractivity contribution in [1.82, 2.24) is 4.90 Å². The molecule has 0 bridgehead atoms. The van der Waals surface area contributed by atoms with Crippen molar-refractivity contribution in [3.8, 4) is 0 Å². The molecule has 5 heteroatoms. The molecular formula is C24H19F2NO2. The SMILES string of the molecule is C=C1c2ccccc2C(=O)N1CCOC(c1ccc(F)cc1)c1ccc(F)cc1. The van der Waals surface area contributed by atoms with Crippen LogP contribution in [0.25, 0.3) is 5.70 Å². The third kappa shape index (κ3) is 3.82. The molecule has 0 fully saturated rings. The van der Waals surface area contributed by atoms with Gasteiger partial charge in [0.2, 0.25) is 0 Å². The molecule has 1 aliphatic rings. The molecule has 1 aliphatic heterocycles. The normalized spacial score (nSPS) is 13.3. The van der Waals surface area contributed by atoms with Gasteiger partial charge in [0.1, 0.15) is 17.7 Å². The molecule has 0 atom stereocenters. The minimum atomic E-state index is -0.510. The molecule has 3 nitrogen and oxygen atoms in total. The molecular weight excluding hydrogens is 372 g/mol. The molecule has 3 aromatic carbocycles. The van der Waals surface area contributed by atoms with Crippen LogP contribution in [0.15, 0.2) is 79.4 Å². The van der Waals surface area contributed by atoms with Crippen LogP contribution >= 0.6 is 0 Å². The van der Waals surface area contributed by atoms with Gasteiger partial charge in [-0.3, -0.25) is 4.79 Å². The molecule has 0 aromatic heterocycles. The smallest absolute Gasteiger partial charge is 0.259 e. The highest BCUT2D eigenvalue weighted by Crippen LogP contribution is 2.31. The molecule has 0 saturated carbocycles. The number of fused-ring (bicyclic) bond motifs is 1. The minimum Gasteiger partial charge on any atom is -0.367 e. The zero-order chi connectivity index (χ0) is 20.4. The molecule has 0 unspecified atom stereocenters. The molecule has 0 saturated heterocycles. The van der Waals surface area contributed by atoms with Gasteiger partial charge in [-0.25, -0.2) is 8.78 Å². The molecule has 3 aromatic rings. The van der Waals surface area contributed by atoms with Gasteiger partial charge in [0.15, 0.2) is 0 Å². The standard InChI is InChI=1S/C24H19F2NO2/c1-16-21-4-2-3-5-22(21)24(28)27(16)14-15-29-23(17-6-10-19(25)11-7-17)18-8-12-20(26)13-9-18/h2-13,23H,1,14-15H2. The molecule has 0 radical (unpaired) electrons. The van der Waals surface area contributed by atoms with Gasteiger partial charge >= 0.3 is 0 Å². The lowest BCUT2D eigenvalue weighted by Gasteiger charge is -2.22. The minimum absolute atomic E-state index is 0.102. The van der Waals surface area contributed by atoms with E-state index in [2.05, 4.69) is 6.58 Å². The second kappa shape index (κ2) is 7.97. The highest BCUT2D eigenvalue weighted by molar-refractivity contribution is 6.08. The quantitative estimate of drug-likeness (QED) is 0.578. The van der Waals surface area contributed by atoms with Gasteiger partial charge < -0.3 is 9.64 Å². The van der Waals surface area contributed by atoms with Crippen molar-refractivity contribution in [2.45, 2.75) is 6.10 Å². The Morgan fingerprint density at radius 3 is 1.86 bits per heavy atom. The van der Waals surface area contributed by atoms with Crippen molar-refractivity contribution in [3.05, 3.63) is 113 Å². The topological polar surface area (TPSA) is 29.5 Å². The number of amides is 1. The van der Waals surface area contributed by atoms with Crippen molar-refractivity contribution in [2.75, 3.05) is 13.2 Å². The Morgan fingerprint density at radius 2 is 1.34 bits per heavy atom. The van der Waals surface area contributed by atoms with E-state index in [-0.39, 0.29) is 24.1 Å².